The number of imidazole rings is 2. The molecule has 18 nitrogen and oxygen atoms in total. The number of anilines is 2. The molecule has 0 spiro atoms. The number of ketones is 2. The summed E-state index contributed by atoms with van der Waals surface area (Å²) in [5, 5.41) is 36.3. The third kappa shape index (κ3) is 15.9. The van der Waals surface area contributed by atoms with Gasteiger partial charge in [-0.3, -0.25) is 19.2 Å². The number of aryl methyl sites for hydroxylation is 4. The number of Topliss-reactive ketones (excluding diaryl/α,β-unsaturated/α-hetero) is 2. The van der Waals surface area contributed by atoms with E-state index in [1.54, 1.807) is 122 Å². The minimum absolute atomic E-state index is 0. The second-order valence-electron chi connectivity index (χ2n) is 21.4. The fourth-order valence-electron chi connectivity index (χ4n) is 8.80. The summed E-state index contributed by atoms with van der Waals surface area (Å²) in [7, 11) is 0. The summed E-state index contributed by atoms with van der Waals surface area (Å²) in [4.78, 5) is 69.7. The van der Waals surface area contributed by atoms with Gasteiger partial charge in [-0.15, -0.1) is 0 Å². The van der Waals surface area contributed by atoms with Crippen LogP contribution in [0.3, 0.4) is 0 Å². The van der Waals surface area contributed by atoms with E-state index in [4.69, 9.17) is 34.5 Å². The van der Waals surface area contributed by atoms with Crippen LogP contribution < -0.4 is 10.6 Å². The first-order valence-electron chi connectivity index (χ1n) is 26.3. The third-order valence-electron chi connectivity index (χ3n) is 14.2. The molecule has 9 rings (SSSR count). The maximum absolute atomic E-state index is 13.8. The third-order valence-corrected chi connectivity index (χ3v) is 14.2. The smallest absolute Gasteiger partial charge is 0.258 e. The van der Waals surface area contributed by atoms with Crippen LogP contribution in [-0.2, 0) is 54.6 Å². The molecule has 2 amide bonds. The molecule has 6 aromatic carbocycles. The lowest BCUT2D eigenvalue weighted by atomic mass is 9.93. The molecular formula is C65H64F2N10O8. The average molecular weight is 1150 g/mol. The summed E-state index contributed by atoms with van der Waals surface area (Å²) in [5.41, 5.74) is 3.95. The molecule has 85 heavy (non-hydrogen) atoms. The summed E-state index contributed by atoms with van der Waals surface area (Å²) in [6.45, 7) is 34.5. The van der Waals surface area contributed by atoms with Gasteiger partial charge in [-0.25, -0.2) is 33.3 Å². The molecular weight excluding hydrogens is 1090 g/mol. The maximum Gasteiger partial charge on any atom is 0.258 e. The SMILES string of the molecule is C.[C-]#[N+]c1ccc(CC(=O)[C@@](C)(O)Cn2cnc3cc(F)ccc32)cc1C.[C-]#[N+]c1ccc(CC(=O)[C@](C)(Cn2cnc3cc(F)ccc32)OC[C@](C)(O)C(=O)Nc2ccc(C#N)c(C)c2)cc1C.[C-]#[N+]c1ccc(NC(=O)[C@]2(C)CO2)cc1C. The molecule has 1 fully saturated rings. The lowest BCUT2D eigenvalue weighted by molar-refractivity contribution is -0.161. The number of amides is 2. The van der Waals surface area contributed by atoms with Crippen LogP contribution in [0.1, 0.15) is 74.1 Å². The van der Waals surface area contributed by atoms with Crippen molar-refractivity contribution in [2.24, 2.45) is 0 Å². The molecule has 1 aliphatic heterocycles. The quantitative estimate of drug-likeness (QED) is 0.0495. The Morgan fingerprint density at radius 2 is 1.13 bits per heavy atom. The Labute approximate surface area is 491 Å². The number of ether oxygens (including phenoxy) is 2. The van der Waals surface area contributed by atoms with Gasteiger partial charge in [0.1, 0.15) is 22.8 Å². The van der Waals surface area contributed by atoms with E-state index in [1.165, 1.54) is 50.8 Å². The summed E-state index contributed by atoms with van der Waals surface area (Å²) < 4.78 is 41.5. The van der Waals surface area contributed by atoms with E-state index in [9.17, 15) is 38.2 Å². The van der Waals surface area contributed by atoms with Gasteiger partial charge in [-0.2, -0.15) is 5.26 Å². The number of hydrogen-bond acceptors (Lipinski definition) is 11. The Kier molecular flexibility index (Phi) is 20.2. The Bertz CT molecular complexity index is 4040. The van der Waals surface area contributed by atoms with Crippen molar-refractivity contribution >= 4 is 73.9 Å². The number of aromatic nitrogens is 4. The lowest BCUT2D eigenvalue weighted by Crippen LogP contribution is -2.50. The second-order valence-corrected chi connectivity index (χ2v) is 21.4. The Morgan fingerprint density at radius 3 is 1.60 bits per heavy atom. The molecule has 436 valence electrons. The maximum atomic E-state index is 13.8. The minimum Gasteiger partial charge on any atom is -0.380 e. The highest BCUT2D eigenvalue weighted by atomic mass is 19.1. The van der Waals surface area contributed by atoms with Crippen molar-refractivity contribution in [3.8, 4) is 6.07 Å². The van der Waals surface area contributed by atoms with Crippen LogP contribution in [0.4, 0.5) is 37.2 Å². The molecule has 0 aliphatic carbocycles. The molecule has 1 saturated heterocycles. The van der Waals surface area contributed by atoms with Crippen molar-refractivity contribution in [3.05, 3.63) is 207 Å². The van der Waals surface area contributed by atoms with E-state index >= 15 is 0 Å². The normalized spacial score (nSPS) is 15.2. The van der Waals surface area contributed by atoms with Crippen molar-refractivity contribution < 1.29 is 47.6 Å². The molecule has 4 atom stereocenters. The number of nitriles is 1. The first-order valence-corrected chi connectivity index (χ1v) is 26.3. The number of benzene rings is 6. The van der Waals surface area contributed by atoms with Gasteiger partial charge in [0, 0.05) is 36.3 Å². The van der Waals surface area contributed by atoms with Gasteiger partial charge < -0.3 is 39.5 Å². The zero-order valence-electron chi connectivity index (χ0n) is 47.5. The van der Waals surface area contributed by atoms with Crippen molar-refractivity contribution in [2.75, 3.05) is 23.8 Å². The van der Waals surface area contributed by atoms with Gasteiger partial charge in [0.25, 0.3) is 11.8 Å². The fraction of sp³-hybridized carbons (Fsp3) is 0.292. The number of epoxide rings is 1. The van der Waals surface area contributed by atoms with Gasteiger partial charge in [0.15, 0.2) is 39.8 Å². The summed E-state index contributed by atoms with van der Waals surface area (Å²) >= 11 is 0. The second kappa shape index (κ2) is 26.6. The van der Waals surface area contributed by atoms with E-state index in [2.05, 4.69) is 41.2 Å². The number of rotatable bonds is 17. The number of carbonyl (C=O) groups is 4. The lowest BCUT2D eigenvalue weighted by Gasteiger charge is -2.33. The Balaban J connectivity index is 0.000000227. The first-order chi connectivity index (χ1) is 39.7. The van der Waals surface area contributed by atoms with Gasteiger partial charge >= 0.3 is 0 Å². The minimum atomic E-state index is -2.03. The number of aliphatic hydroxyl groups is 2. The predicted molar refractivity (Wildman–Crippen MR) is 319 cm³/mol. The van der Waals surface area contributed by atoms with Gasteiger partial charge in [0.2, 0.25) is 0 Å². The molecule has 0 unspecified atom stereocenters. The zero-order chi connectivity index (χ0) is 61.3. The number of hydrogen-bond donors (Lipinski definition) is 4. The number of halogens is 2. The van der Waals surface area contributed by atoms with E-state index in [1.807, 2.05) is 13.8 Å². The van der Waals surface area contributed by atoms with Gasteiger partial charge in [0.05, 0.1) is 92.4 Å². The standard InChI is InChI=1S/C32H30FN5O4.C20H18FN3O2.C12H12N2O2.CH4/c1-20-13-25(9-7-23(20)16-34)37-30(40)31(3,41)18-42-32(4,17-38-19-36-27-15-24(33)8-11-28(27)38)29(39)14-22-6-10-26(35-5)21(2)12-22;1-13-8-14(4-6-16(13)22-3)9-19(25)20(2,26)11-24-12-23-17-10-15(21)5-7-18(17)24;1-8-6-9(4-5-10(8)13-3)14-11(15)12(2)7-16-12;/h6-13,15,19,41H,14,17-18H2,1-4H3,(H,37,40);4-8,10,12,26H,9,11H2,1-2H3;4-6H,7H2,1-2H3,(H,14,15);1H4/t31-,32-;20-;12-;/m000./s1. The van der Waals surface area contributed by atoms with Crippen LogP contribution in [0.5, 0.6) is 0 Å². The first kappa shape index (κ1) is 64.4. The predicted octanol–water partition coefficient (Wildman–Crippen LogP) is 11.7. The van der Waals surface area contributed by atoms with E-state index < -0.39 is 40.7 Å². The average Bonchev–Trinajstić information content (AvgIpc) is 2.68. The summed E-state index contributed by atoms with van der Waals surface area (Å²) in [6, 6.07) is 30.7. The Morgan fingerprint density at radius 1 is 0.671 bits per heavy atom. The van der Waals surface area contributed by atoms with Crippen molar-refractivity contribution in [1.29, 1.82) is 5.26 Å². The molecule has 0 radical (unpaired) electrons. The molecule has 4 N–H and O–H groups in total. The van der Waals surface area contributed by atoms with E-state index in [-0.39, 0.29) is 56.6 Å². The van der Waals surface area contributed by atoms with Crippen LogP contribution in [-0.4, -0.2) is 88.3 Å². The largest absolute Gasteiger partial charge is 0.380 e. The van der Waals surface area contributed by atoms with Crippen LogP contribution in [0.2, 0.25) is 0 Å². The van der Waals surface area contributed by atoms with Crippen molar-refractivity contribution in [1.82, 2.24) is 19.1 Å². The van der Waals surface area contributed by atoms with Crippen molar-refractivity contribution in [2.45, 2.75) is 111 Å². The highest BCUT2D eigenvalue weighted by molar-refractivity contribution is 5.99. The van der Waals surface area contributed by atoms with Crippen LogP contribution in [0.15, 0.2) is 122 Å². The monoisotopic (exact) mass is 1150 g/mol. The number of carbonyl (C=O) groups excluding carboxylic acids is 4. The van der Waals surface area contributed by atoms with Crippen LogP contribution >= 0.6 is 0 Å². The number of fused-ring (bicyclic) bond motifs is 2. The van der Waals surface area contributed by atoms with Gasteiger partial charge in [-0.1, -0.05) is 49.9 Å². The fourth-order valence-corrected chi connectivity index (χ4v) is 8.80. The van der Waals surface area contributed by atoms with Gasteiger partial charge in [-0.05, 0) is 143 Å². The van der Waals surface area contributed by atoms with E-state index in [0.29, 0.717) is 73.8 Å². The van der Waals surface area contributed by atoms with E-state index in [0.717, 1.165) is 22.3 Å². The molecule has 3 heterocycles. The molecule has 1 aliphatic rings. The zero-order valence-corrected chi connectivity index (χ0v) is 47.5. The topological polar surface area (TPSA) is 227 Å². The molecule has 0 saturated carbocycles. The highest BCUT2D eigenvalue weighted by Crippen LogP contribution is 2.31. The molecule has 8 aromatic rings. The van der Waals surface area contributed by atoms with Crippen molar-refractivity contribution in [3.63, 3.8) is 0 Å². The molecule has 20 heteroatoms. The molecule has 0 bridgehead atoms. The van der Waals surface area contributed by atoms with Crippen LogP contribution in [0.25, 0.3) is 36.6 Å². The summed E-state index contributed by atoms with van der Waals surface area (Å²) in [5.74, 6) is -2.39. The van der Waals surface area contributed by atoms with Crippen LogP contribution in [0, 0.1) is 70.4 Å². The molecule has 2 aromatic heterocycles. The number of nitrogens with zero attached hydrogens (tertiary/aromatic N) is 8. The highest BCUT2D eigenvalue weighted by Gasteiger charge is 2.47. The summed E-state index contributed by atoms with van der Waals surface area (Å²) in [6.07, 6.45) is 3.00. The Hall–Kier alpha value is -9.80. The number of nitrogens with one attached hydrogen (secondary N) is 2.